The van der Waals surface area contributed by atoms with Gasteiger partial charge in [-0.15, -0.1) is 0 Å². The Bertz CT molecular complexity index is 722. The van der Waals surface area contributed by atoms with Crippen molar-refractivity contribution in [1.82, 2.24) is 0 Å². The van der Waals surface area contributed by atoms with Gasteiger partial charge in [-0.3, -0.25) is 0 Å². The van der Waals surface area contributed by atoms with E-state index in [1.807, 2.05) is 0 Å². The van der Waals surface area contributed by atoms with E-state index in [4.69, 9.17) is 21.2 Å². The van der Waals surface area contributed by atoms with E-state index >= 15 is 0 Å². The van der Waals surface area contributed by atoms with Crippen LogP contribution in [0.4, 0.5) is 0 Å². The fourth-order valence-corrected chi connectivity index (χ4v) is 34.2. The molecule has 0 saturated heterocycles. The van der Waals surface area contributed by atoms with Crippen molar-refractivity contribution in [2.45, 2.75) is 162 Å². The van der Waals surface area contributed by atoms with Crippen molar-refractivity contribution in [3.05, 3.63) is 12.2 Å². The van der Waals surface area contributed by atoms with Crippen LogP contribution in [-0.2, 0) is 26.0 Å². The van der Waals surface area contributed by atoms with Gasteiger partial charge in [0.1, 0.15) is 0 Å². The topological polar surface area (TPSA) is 63.2 Å². The van der Waals surface area contributed by atoms with Gasteiger partial charge in [0, 0.05) is 5.57 Å². The average Bonchev–Trinajstić information content (AvgIpc) is 2.99. The van der Waals surface area contributed by atoms with Crippen LogP contribution in [0.3, 0.4) is 0 Å². The summed E-state index contributed by atoms with van der Waals surface area (Å²) in [6.07, 6.45) is 0.818. The molecule has 40 heavy (non-hydrogen) atoms. The van der Waals surface area contributed by atoms with Crippen molar-refractivity contribution in [2.24, 2.45) is 0 Å². The highest BCUT2D eigenvalue weighted by Crippen LogP contribution is 2.39. The largest absolute Gasteiger partial charge is 0.462 e. The second-order valence-corrected chi connectivity index (χ2v) is 33.2. The zero-order valence-corrected chi connectivity index (χ0v) is 33.6. The first-order valence-electron chi connectivity index (χ1n) is 16.5. The van der Waals surface area contributed by atoms with E-state index in [-0.39, 0.29) is 5.97 Å². The van der Waals surface area contributed by atoms with Crippen LogP contribution in [0.5, 0.6) is 0 Å². The van der Waals surface area contributed by atoms with Crippen LogP contribution in [0.15, 0.2) is 12.2 Å². The molecular weight excluding hydrogens is 585 g/mol. The molecule has 0 N–H and O–H groups in total. The lowest BCUT2D eigenvalue weighted by Gasteiger charge is -2.49. The van der Waals surface area contributed by atoms with Crippen LogP contribution in [-0.4, -0.2) is 54.9 Å². The standard InChI is InChI=1S/C29H66O6Si5/c1-14-36(15-2,16-3)32-38(19-6,20-7)34-40(23-10,24-11)35-39(21-8,22-9)33-37(17-4,18-5)27-25-26-31-29(30)28(12)13/h12,14-27H2,1-11,13H3. The van der Waals surface area contributed by atoms with E-state index in [9.17, 15) is 4.79 Å². The zero-order valence-electron chi connectivity index (χ0n) is 28.6. The molecule has 238 valence electrons. The Hall–Kier alpha value is 0.134. The van der Waals surface area contributed by atoms with E-state index in [2.05, 4.69) is 82.7 Å². The Kier molecular flexibility index (Phi) is 18.8. The third-order valence-electron chi connectivity index (χ3n) is 9.36. The summed E-state index contributed by atoms with van der Waals surface area (Å²) in [5.41, 5.74) is 0.447. The minimum absolute atomic E-state index is 0.308. The highest BCUT2D eigenvalue weighted by Gasteiger charge is 2.54. The van der Waals surface area contributed by atoms with E-state index in [0.717, 1.165) is 78.9 Å². The molecule has 0 aromatic carbocycles. The van der Waals surface area contributed by atoms with Gasteiger partial charge >= 0.3 is 31.7 Å². The van der Waals surface area contributed by atoms with Gasteiger partial charge in [-0.25, -0.2) is 4.79 Å². The molecule has 0 aliphatic heterocycles. The molecule has 0 rings (SSSR count). The van der Waals surface area contributed by atoms with Crippen molar-refractivity contribution in [1.29, 1.82) is 0 Å². The molecule has 0 fully saturated rings. The maximum absolute atomic E-state index is 11.9. The molecule has 0 atom stereocenters. The van der Waals surface area contributed by atoms with E-state index < -0.39 is 42.3 Å². The quantitative estimate of drug-likeness (QED) is 0.0448. The summed E-state index contributed by atoms with van der Waals surface area (Å²) in [4.78, 5) is 11.9. The van der Waals surface area contributed by atoms with Gasteiger partial charge in [0.2, 0.25) is 0 Å². The first-order chi connectivity index (χ1) is 18.8. The molecule has 11 heteroatoms. The van der Waals surface area contributed by atoms with Crippen LogP contribution >= 0.6 is 0 Å². The fourth-order valence-electron chi connectivity index (χ4n) is 5.59. The van der Waals surface area contributed by atoms with Crippen molar-refractivity contribution in [2.75, 3.05) is 6.61 Å². The molecule has 0 radical (unpaired) electrons. The first-order valence-corrected chi connectivity index (χ1v) is 28.2. The summed E-state index contributed by atoms with van der Waals surface area (Å²) in [5.74, 6) is -0.308. The average molecular weight is 651 g/mol. The number of esters is 1. The van der Waals surface area contributed by atoms with Crippen LogP contribution in [0.2, 0.25) is 72.5 Å². The molecule has 0 unspecified atom stereocenters. The summed E-state index contributed by atoms with van der Waals surface area (Å²) in [6, 6.07) is 12.1. The molecule has 0 spiro atoms. The summed E-state index contributed by atoms with van der Waals surface area (Å²) in [7, 11) is -11.5. The summed E-state index contributed by atoms with van der Waals surface area (Å²) in [6.45, 7) is 30.8. The minimum Gasteiger partial charge on any atom is -0.462 e. The molecule has 0 bridgehead atoms. The minimum atomic E-state index is -2.59. The Balaban J connectivity index is 6.24. The SMILES string of the molecule is C=C(C)C(=O)OCCC[Si](CC)(CC)O[Si](CC)(CC)O[Si](CC)(CC)O[Si](CC)(CC)O[Si](CC)(CC)CC. The molecule has 0 aromatic rings. The van der Waals surface area contributed by atoms with Gasteiger partial charge in [-0.1, -0.05) is 82.7 Å². The molecule has 0 aliphatic carbocycles. The maximum Gasteiger partial charge on any atom is 0.333 e. The van der Waals surface area contributed by atoms with Crippen LogP contribution in [0.1, 0.15) is 89.5 Å². The molecular formula is C29H66O6Si5. The Morgan fingerprint density at radius 2 is 0.850 bits per heavy atom. The lowest BCUT2D eigenvalue weighted by Crippen LogP contribution is -2.64. The smallest absolute Gasteiger partial charge is 0.333 e. The number of ether oxygens (including phenoxy) is 1. The molecule has 6 nitrogen and oxygen atoms in total. The van der Waals surface area contributed by atoms with E-state index in [0.29, 0.717) is 12.2 Å². The van der Waals surface area contributed by atoms with Gasteiger partial charge in [-0.05, 0) is 85.9 Å². The second-order valence-electron chi connectivity index (χ2n) is 11.4. The first kappa shape index (κ1) is 40.1. The third-order valence-corrected chi connectivity index (χ3v) is 35.9. The fraction of sp³-hybridized carbons (Fsp3) is 0.897. The van der Waals surface area contributed by atoms with Crippen LogP contribution in [0, 0.1) is 0 Å². The van der Waals surface area contributed by atoms with Crippen molar-refractivity contribution < 1.29 is 26.0 Å². The Labute approximate surface area is 254 Å². The molecule has 0 amide bonds. The Morgan fingerprint density at radius 1 is 0.525 bits per heavy atom. The Morgan fingerprint density at radius 3 is 1.15 bits per heavy atom. The molecule has 0 aliphatic rings. The second kappa shape index (κ2) is 18.7. The number of carbonyl (C=O) groups excluding carboxylic acids is 1. The zero-order chi connectivity index (χ0) is 31.1. The van der Waals surface area contributed by atoms with Gasteiger partial charge in [0.25, 0.3) is 0 Å². The highest BCUT2D eigenvalue weighted by molar-refractivity contribution is 6.92. The van der Waals surface area contributed by atoms with Crippen molar-refractivity contribution in [3.8, 4) is 0 Å². The van der Waals surface area contributed by atoms with Crippen LogP contribution < -0.4 is 0 Å². The van der Waals surface area contributed by atoms with E-state index in [1.165, 1.54) is 0 Å². The normalized spacial score (nSPS) is 13.5. The number of hydrogen-bond donors (Lipinski definition) is 0. The molecule has 0 saturated carbocycles. The lowest BCUT2D eigenvalue weighted by molar-refractivity contribution is -0.138. The summed E-state index contributed by atoms with van der Waals surface area (Å²) >= 11 is 0. The van der Waals surface area contributed by atoms with Gasteiger partial charge in [0.05, 0.1) is 6.61 Å². The van der Waals surface area contributed by atoms with E-state index in [1.54, 1.807) is 6.92 Å². The van der Waals surface area contributed by atoms with Crippen LogP contribution in [0.25, 0.3) is 0 Å². The third kappa shape index (κ3) is 11.0. The lowest BCUT2D eigenvalue weighted by atomic mass is 10.4. The highest BCUT2D eigenvalue weighted by atomic mass is 28.5. The molecule has 0 heterocycles. The van der Waals surface area contributed by atoms with Crippen molar-refractivity contribution in [3.63, 3.8) is 0 Å². The van der Waals surface area contributed by atoms with Gasteiger partial charge in [0.15, 0.2) is 16.6 Å². The number of rotatable bonds is 24. The van der Waals surface area contributed by atoms with Crippen molar-refractivity contribution >= 4 is 48.3 Å². The number of carbonyl (C=O) groups is 1. The summed E-state index contributed by atoms with van der Waals surface area (Å²) in [5, 5.41) is 0. The predicted octanol–water partition coefficient (Wildman–Crippen LogP) is 10.00. The number of hydrogen-bond acceptors (Lipinski definition) is 6. The van der Waals surface area contributed by atoms with Gasteiger partial charge < -0.3 is 21.2 Å². The maximum atomic E-state index is 11.9. The van der Waals surface area contributed by atoms with Gasteiger partial charge in [-0.2, -0.15) is 0 Å². The predicted molar refractivity (Wildman–Crippen MR) is 184 cm³/mol. The summed E-state index contributed by atoms with van der Waals surface area (Å²) < 4.78 is 35.1. The molecule has 0 aromatic heterocycles. The monoisotopic (exact) mass is 650 g/mol.